The summed E-state index contributed by atoms with van der Waals surface area (Å²) in [5.74, 6) is 0. The molecular formula is C7H16NO5P. The molecule has 0 atom stereocenters. The van der Waals surface area contributed by atoms with Crippen molar-refractivity contribution in [3.63, 3.8) is 0 Å². The third-order valence-electron chi connectivity index (χ3n) is 1.07. The van der Waals surface area contributed by atoms with Crippen LogP contribution in [0.5, 0.6) is 0 Å². The Kier molecular flexibility index (Phi) is 4.58. The summed E-state index contributed by atoms with van der Waals surface area (Å²) in [6, 6.07) is 0. The highest BCUT2D eigenvalue weighted by Crippen LogP contribution is 2.32. The fourth-order valence-corrected chi connectivity index (χ4v) is 1.02. The summed E-state index contributed by atoms with van der Waals surface area (Å²) >= 11 is 0. The number of hydrogen-bond acceptors (Lipinski definition) is 3. The van der Waals surface area contributed by atoms with Crippen LogP contribution in [0.4, 0.5) is 4.79 Å². The van der Waals surface area contributed by atoms with Crippen LogP contribution in [0.2, 0.25) is 0 Å². The van der Waals surface area contributed by atoms with E-state index in [4.69, 9.17) is 14.5 Å². The summed E-state index contributed by atoms with van der Waals surface area (Å²) in [4.78, 5) is 27.9. The van der Waals surface area contributed by atoms with Crippen LogP contribution in [0.3, 0.4) is 0 Å². The monoisotopic (exact) mass is 225 g/mol. The standard InChI is InChI=1S/C7H16NO5P/c1-7(2,3)13-6(9)8-4-5-14(10,11)12/h4-5H2,1-3H3,(H,8,9)(H2,10,11,12). The number of ether oxygens (including phenoxy) is 1. The van der Waals surface area contributed by atoms with Crippen molar-refractivity contribution in [2.24, 2.45) is 0 Å². The van der Waals surface area contributed by atoms with E-state index in [1.807, 2.05) is 0 Å². The number of carbonyl (C=O) groups is 1. The summed E-state index contributed by atoms with van der Waals surface area (Å²) in [6.45, 7) is 5.01. The molecule has 0 saturated carbocycles. The molecule has 0 aliphatic carbocycles. The van der Waals surface area contributed by atoms with E-state index in [9.17, 15) is 9.36 Å². The SMILES string of the molecule is CC(C)(C)OC(=O)NCCP(=O)(O)O. The molecule has 0 aliphatic rings. The highest BCUT2D eigenvalue weighted by atomic mass is 31.2. The van der Waals surface area contributed by atoms with Crippen molar-refractivity contribution < 1.29 is 23.9 Å². The van der Waals surface area contributed by atoms with Gasteiger partial charge in [-0.1, -0.05) is 0 Å². The van der Waals surface area contributed by atoms with E-state index in [0.717, 1.165) is 0 Å². The van der Waals surface area contributed by atoms with Crippen molar-refractivity contribution in [3.05, 3.63) is 0 Å². The zero-order valence-corrected chi connectivity index (χ0v) is 9.38. The maximum absolute atomic E-state index is 11.0. The molecule has 0 saturated heterocycles. The fourth-order valence-electron chi connectivity index (χ4n) is 0.618. The van der Waals surface area contributed by atoms with Crippen molar-refractivity contribution in [2.75, 3.05) is 12.7 Å². The van der Waals surface area contributed by atoms with Gasteiger partial charge >= 0.3 is 13.7 Å². The molecule has 0 aromatic carbocycles. The van der Waals surface area contributed by atoms with Crippen LogP contribution in [0.1, 0.15) is 20.8 Å². The van der Waals surface area contributed by atoms with Crippen molar-refractivity contribution in [2.45, 2.75) is 26.4 Å². The molecule has 0 rings (SSSR count). The van der Waals surface area contributed by atoms with E-state index >= 15 is 0 Å². The lowest BCUT2D eigenvalue weighted by atomic mass is 10.2. The van der Waals surface area contributed by atoms with Crippen molar-refractivity contribution in [3.8, 4) is 0 Å². The Morgan fingerprint density at radius 1 is 1.43 bits per heavy atom. The Morgan fingerprint density at radius 2 is 1.93 bits per heavy atom. The second-order valence-corrected chi connectivity index (χ2v) is 5.59. The highest BCUT2D eigenvalue weighted by Gasteiger charge is 2.17. The van der Waals surface area contributed by atoms with Crippen LogP contribution in [0.15, 0.2) is 0 Å². The molecule has 84 valence electrons. The predicted octanol–water partition coefficient (Wildman–Crippen LogP) is 0.689. The first kappa shape index (κ1) is 13.4. The molecule has 0 aliphatic heterocycles. The van der Waals surface area contributed by atoms with Gasteiger partial charge in [0.1, 0.15) is 5.60 Å². The molecule has 0 spiro atoms. The molecule has 3 N–H and O–H groups in total. The molecular weight excluding hydrogens is 209 g/mol. The van der Waals surface area contributed by atoms with Gasteiger partial charge in [-0.3, -0.25) is 4.57 Å². The molecule has 0 aromatic heterocycles. The van der Waals surface area contributed by atoms with Crippen LogP contribution in [-0.2, 0) is 9.30 Å². The number of rotatable bonds is 3. The van der Waals surface area contributed by atoms with Crippen molar-refractivity contribution >= 4 is 13.7 Å². The summed E-state index contributed by atoms with van der Waals surface area (Å²) in [5.41, 5.74) is -0.605. The van der Waals surface area contributed by atoms with Gasteiger partial charge in [-0.25, -0.2) is 4.79 Å². The minimum absolute atomic E-state index is 0.0980. The van der Waals surface area contributed by atoms with Crippen LogP contribution < -0.4 is 5.32 Å². The molecule has 0 unspecified atom stereocenters. The van der Waals surface area contributed by atoms with Gasteiger partial charge in [0.05, 0.1) is 6.16 Å². The van der Waals surface area contributed by atoms with Crippen LogP contribution in [0.25, 0.3) is 0 Å². The Morgan fingerprint density at radius 3 is 2.29 bits per heavy atom. The molecule has 0 fully saturated rings. The maximum Gasteiger partial charge on any atom is 0.407 e. The van der Waals surface area contributed by atoms with Gasteiger partial charge in [0.15, 0.2) is 0 Å². The second-order valence-electron chi connectivity index (χ2n) is 3.82. The minimum Gasteiger partial charge on any atom is -0.444 e. The van der Waals surface area contributed by atoms with E-state index in [1.54, 1.807) is 20.8 Å². The van der Waals surface area contributed by atoms with Gasteiger partial charge in [-0.2, -0.15) is 0 Å². The van der Waals surface area contributed by atoms with Crippen molar-refractivity contribution in [1.29, 1.82) is 0 Å². The van der Waals surface area contributed by atoms with Gasteiger partial charge in [0.2, 0.25) is 0 Å². The molecule has 1 amide bonds. The number of amides is 1. The molecule has 6 nitrogen and oxygen atoms in total. The quantitative estimate of drug-likeness (QED) is 0.614. The van der Waals surface area contributed by atoms with Gasteiger partial charge in [0.25, 0.3) is 0 Å². The fraction of sp³-hybridized carbons (Fsp3) is 0.857. The first-order valence-corrected chi connectivity index (χ1v) is 5.91. The van der Waals surface area contributed by atoms with Crippen LogP contribution in [0, 0.1) is 0 Å². The third-order valence-corrected chi connectivity index (χ3v) is 1.88. The number of hydrogen-bond donors (Lipinski definition) is 3. The number of alkyl carbamates (subject to hydrolysis) is 1. The highest BCUT2D eigenvalue weighted by molar-refractivity contribution is 7.51. The number of nitrogens with one attached hydrogen (secondary N) is 1. The molecule has 14 heavy (non-hydrogen) atoms. The normalized spacial score (nSPS) is 12.4. The van der Waals surface area contributed by atoms with Gasteiger partial charge < -0.3 is 19.8 Å². The summed E-state index contributed by atoms with van der Waals surface area (Å²) in [7, 11) is -4.04. The Hall–Kier alpha value is -0.580. The zero-order valence-electron chi connectivity index (χ0n) is 8.48. The average Bonchev–Trinajstić information content (AvgIpc) is 1.78. The smallest absolute Gasteiger partial charge is 0.407 e. The van der Waals surface area contributed by atoms with Crippen molar-refractivity contribution in [1.82, 2.24) is 5.32 Å². The molecule has 0 aromatic rings. The Labute approximate surface area is 82.8 Å². The van der Waals surface area contributed by atoms with E-state index < -0.39 is 19.3 Å². The number of carbonyl (C=O) groups excluding carboxylic acids is 1. The van der Waals surface area contributed by atoms with E-state index in [1.165, 1.54) is 0 Å². The minimum atomic E-state index is -4.04. The zero-order chi connectivity index (χ0) is 11.4. The lowest BCUT2D eigenvalue weighted by Gasteiger charge is -2.19. The van der Waals surface area contributed by atoms with Gasteiger partial charge in [-0.05, 0) is 20.8 Å². The Balaban J connectivity index is 3.72. The maximum atomic E-state index is 11.0. The van der Waals surface area contributed by atoms with Crippen LogP contribution in [-0.4, -0.2) is 34.2 Å². The first-order valence-electron chi connectivity index (χ1n) is 4.11. The predicted molar refractivity (Wildman–Crippen MR) is 51.1 cm³/mol. The molecule has 0 radical (unpaired) electrons. The molecule has 0 heterocycles. The van der Waals surface area contributed by atoms with Gasteiger partial charge in [-0.15, -0.1) is 0 Å². The van der Waals surface area contributed by atoms with Crippen LogP contribution >= 0.6 is 7.60 Å². The summed E-state index contributed by atoms with van der Waals surface area (Å²) < 4.78 is 15.2. The lowest BCUT2D eigenvalue weighted by molar-refractivity contribution is 0.0531. The molecule has 7 heteroatoms. The van der Waals surface area contributed by atoms with E-state index in [-0.39, 0.29) is 12.7 Å². The summed E-state index contributed by atoms with van der Waals surface area (Å²) in [5, 5.41) is 2.24. The lowest BCUT2D eigenvalue weighted by Crippen LogP contribution is -2.33. The second kappa shape index (κ2) is 4.77. The topological polar surface area (TPSA) is 95.9 Å². The molecule has 0 bridgehead atoms. The Bertz CT molecular complexity index is 241. The summed E-state index contributed by atoms with van der Waals surface area (Å²) in [6.07, 6.45) is -1.06. The average molecular weight is 225 g/mol. The van der Waals surface area contributed by atoms with E-state index in [2.05, 4.69) is 5.32 Å². The third kappa shape index (κ3) is 9.51. The largest absolute Gasteiger partial charge is 0.444 e. The first-order chi connectivity index (χ1) is 6.10. The van der Waals surface area contributed by atoms with Gasteiger partial charge in [0, 0.05) is 6.54 Å². The van der Waals surface area contributed by atoms with E-state index in [0.29, 0.717) is 0 Å².